The molecule has 3 rings (SSSR count). The van der Waals surface area contributed by atoms with E-state index in [4.69, 9.17) is 0 Å². The van der Waals surface area contributed by atoms with Gasteiger partial charge in [-0.25, -0.2) is 4.98 Å². The van der Waals surface area contributed by atoms with Gasteiger partial charge in [-0.3, -0.25) is 9.59 Å². The molecular weight excluding hydrogens is 318 g/mol. The highest BCUT2D eigenvalue weighted by Gasteiger charge is 2.26. The van der Waals surface area contributed by atoms with Crippen molar-refractivity contribution in [2.75, 3.05) is 63.8 Å². The molecule has 1 aromatic heterocycles. The number of amides is 2. The van der Waals surface area contributed by atoms with E-state index in [2.05, 4.69) is 21.7 Å². The Labute approximate surface area is 149 Å². The lowest BCUT2D eigenvalue weighted by Gasteiger charge is -2.36. The van der Waals surface area contributed by atoms with Crippen LogP contribution in [0.15, 0.2) is 24.4 Å². The Balaban J connectivity index is 1.44. The fourth-order valence-corrected chi connectivity index (χ4v) is 3.39. The second kappa shape index (κ2) is 8.29. The van der Waals surface area contributed by atoms with Crippen LogP contribution in [0.2, 0.25) is 0 Å². The van der Waals surface area contributed by atoms with E-state index >= 15 is 0 Å². The number of piperazine rings is 2. The molecule has 0 spiro atoms. The molecule has 2 amide bonds. The van der Waals surface area contributed by atoms with Gasteiger partial charge in [0.25, 0.3) is 0 Å². The summed E-state index contributed by atoms with van der Waals surface area (Å²) in [6, 6.07) is 5.85. The van der Waals surface area contributed by atoms with E-state index in [0.717, 1.165) is 51.6 Å². The fraction of sp³-hybridized carbons (Fsp3) is 0.611. The van der Waals surface area contributed by atoms with Gasteiger partial charge in [-0.2, -0.15) is 0 Å². The Hall–Kier alpha value is -2.15. The molecule has 136 valence electrons. The molecule has 0 atom stereocenters. The van der Waals surface area contributed by atoms with Crippen LogP contribution in [0, 0.1) is 0 Å². The van der Waals surface area contributed by atoms with Crippen molar-refractivity contribution in [2.45, 2.75) is 13.3 Å². The number of nitrogens with zero attached hydrogens (tertiary/aromatic N) is 5. The summed E-state index contributed by atoms with van der Waals surface area (Å²) in [4.78, 5) is 37.3. The minimum atomic E-state index is -0.0522. The molecule has 1 aromatic rings. The molecule has 0 aromatic carbocycles. The molecule has 3 heterocycles. The molecule has 2 aliphatic rings. The average molecular weight is 345 g/mol. The number of carbonyl (C=O) groups is 2. The van der Waals surface area contributed by atoms with E-state index in [1.165, 1.54) is 0 Å². The highest BCUT2D eigenvalue weighted by atomic mass is 16.2. The summed E-state index contributed by atoms with van der Waals surface area (Å²) in [5.74, 6) is 0.857. The topological polar surface area (TPSA) is 60.0 Å². The number of pyridine rings is 1. The third kappa shape index (κ3) is 4.48. The largest absolute Gasteiger partial charge is 0.353 e. The summed E-state index contributed by atoms with van der Waals surface area (Å²) in [5, 5.41) is 0. The summed E-state index contributed by atoms with van der Waals surface area (Å²) >= 11 is 0. The first-order chi connectivity index (χ1) is 12.2. The molecule has 2 saturated heterocycles. The van der Waals surface area contributed by atoms with Crippen molar-refractivity contribution in [1.82, 2.24) is 19.7 Å². The quantitative estimate of drug-likeness (QED) is 0.734. The van der Waals surface area contributed by atoms with E-state index < -0.39 is 0 Å². The molecular formula is C18H27N5O2. The lowest BCUT2D eigenvalue weighted by atomic mass is 10.2. The van der Waals surface area contributed by atoms with Crippen LogP contribution in [0.3, 0.4) is 0 Å². The molecule has 0 saturated carbocycles. The van der Waals surface area contributed by atoms with E-state index in [-0.39, 0.29) is 18.2 Å². The fourth-order valence-electron chi connectivity index (χ4n) is 3.39. The SMILES string of the molecule is CCN1CCN(C(=O)CC(=O)N2CCN(c3ccccn3)CC2)CC1. The molecule has 0 radical (unpaired) electrons. The van der Waals surface area contributed by atoms with Crippen molar-refractivity contribution >= 4 is 17.6 Å². The summed E-state index contributed by atoms with van der Waals surface area (Å²) < 4.78 is 0. The average Bonchev–Trinajstić information content (AvgIpc) is 2.68. The number of carbonyl (C=O) groups excluding carboxylic acids is 2. The zero-order valence-corrected chi connectivity index (χ0v) is 14.9. The molecule has 2 aliphatic heterocycles. The summed E-state index contributed by atoms with van der Waals surface area (Å²) in [5.41, 5.74) is 0. The van der Waals surface area contributed by atoms with Gasteiger partial charge >= 0.3 is 0 Å². The van der Waals surface area contributed by atoms with Gasteiger partial charge in [0.1, 0.15) is 12.2 Å². The van der Waals surface area contributed by atoms with E-state index in [1.807, 2.05) is 23.1 Å². The lowest BCUT2D eigenvalue weighted by molar-refractivity contribution is -0.141. The maximum atomic E-state index is 12.4. The van der Waals surface area contributed by atoms with Crippen LogP contribution in [0.25, 0.3) is 0 Å². The monoisotopic (exact) mass is 345 g/mol. The molecule has 7 heteroatoms. The number of anilines is 1. The predicted octanol–water partition coefficient (Wildman–Crippen LogP) is 0.284. The highest BCUT2D eigenvalue weighted by molar-refractivity contribution is 5.97. The van der Waals surface area contributed by atoms with Gasteiger partial charge < -0.3 is 19.6 Å². The number of likely N-dealkylation sites (N-methyl/N-ethyl adjacent to an activating group) is 1. The lowest BCUT2D eigenvalue weighted by Crippen LogP contribution is -2.52. The van der Waals surface area contributed by atoms with Gasteiger partial charge in [-0.1, -0.05) is 13.0 Å². The summed E-state index contributed by atoms with van der Waals surface area (Å²) in [6.07, 6.45) is 1.78. The first kappa shape index (κ1) is 17.7. The second-order valence-electron chi connectivity index (χ2n) is 6.55. The molecule has 25 heavy (non-hydrogen) atoms. The minimum absolute atomic E-state index is 0.00425. The van der Waals surface area contributed by atoms with Crippen molar-refractivity contribution in [1.29, 1.82) is 0 Å². The third-order valence-electron chi connectivity index (χ3n) is 5.08. The number of hydrogen-bond acceptors (Lipinski definition) is 5. The molecule has 0 bridgehead atoms. The Morgan fingerprint density at radius 3 is 2.04 bits per heavy atom. The molecule has 0 N–H and O–H groups in total. The second-order valence-corrected chi connectivity index (χ2v) is 6.55. The number of hydrogen-bond donors (Lipinski definition) is 0. The summed E-state index contributed by atoms with van der Waals surface area (Å²) in [7, 11) is 0. The Morgan fingerprint density at radius 1 is 0.920 bits per heavy atom. The molecule has 2 fully saturated rings. The van der Waals surface area contributed by atoms with E-state index in [1.54, 1.807) is 11.1 Å². The van der Waals surface area contributed by atoms with E-state index in [0.29, 0.717) is 13.1 Å². The number of aromatic nitrogens is 1. The highest BCUT2D eigenvalue weighted by Crippen LogP contribution is 2.13. The van der Waals surface area contributed by atoms with Crippen LogP contribution in [0.1, 0.15) is 13.3 Å². The minimum Gasteiger partial charge on any atom is -0.353 e. The Bertz CT molecular complexity index is 578. The maximum Gasteiger partial charge on any atom is 0.232 e. The van der Waals surface area contributed by atoms with Gasteiger partial charge in [0.05, 0.1) is 0 Å². The van der Waals surface area contributed by atoms with E-state index in [9.17, 15) is 9.59 Å². The zero-order chi connectivity index (χ0) is 17.6. The Kier molecular flexibility index (Phi) is 5.86. The Morgan fingerprint density at radius 2 is 1.52 bits per heavy atom. The van der Waals surface area contributed by atoms with Crippen LogP contribution >= 0.6 is 0 Å². The summed E-state index contributed by atoms with van der Waals surface area (Å²) in [6.45, 7) is 9.21. The van der Waals surface area contributed by atoms with Gasteiger partial charge in [0.15, 0.2) is 0 Å². The number of rotatable bonds is 4. The van der Waals surface area contributed by atoms with Crippen molar-refractivity contribution in [3.8, 4) is 0 Å². The predicted molar refractivity (Wildman–Crippen MR) is 96.3 cm³/mol. The van der Waals surface area contributed by atoms with Gasteiger partial charge in [0, 0.05) is 58.6 Å². The van der Waals surface area contributed by atoms with Crippen molar-refractivity contribution < 1.29 is 9.59 Å². The maximum absolute atomic E-state index is 12.4. The van der Waals surface area contributed by atoms with Crippen LogP contribution in [0.4, 0.5) is 5.82 Å². The van der Waals surface area contributed by atoms with Gasteiger partial charge in [-0.15, -0.1) is 0 Å². The smallest absolute Gasteiger partial charge is 0.232 e. The standard InChI is InChI=1S/C18H27N5O2/c1-2-20-7-9-22(10-8-20)17(24)15-18(25)23-13-11-21(12-14-23)16-5-3-4-6-19-16/h3-6H,2,7-15H2,1H3. The van der Waals surface area contributed by atoms with Crippen LogP contribution in [0.5, 0.6) is 0 Å². The van der Waals surface area contributed by atoms with Crippen molar-refractivity contribution in [2.24, 2.45) is 0 Å². The van der Waals surface area contributed by atoms with Gasteiger partial charge in [-0.05, 0) is 18.7 Å². The molecule has 7 nitrogen and oxygen atoms in total. The van der Waals surface area contributed by atoms with Crippen LogP contribution < -0.4 is 4.90 Å². The molecule has 0 aliphatic carbocycles. The van der Waals surface area contributed by atoms with Crippen molar-refractivity contribution in [3.63, 3.8) is 0 Å². The van der Waals surface area contributed by atoms with Crippen molar-refractivity contribution in [3.05, 3.63) is 24.4 Å². The van der Waals surface area contributed by atoms with Crippen LogP contribution in [-0.4, -0.2) is 90.4 Å². The normalized spacial score (nSPS) is 19.2. The third-order valence-corrected chi connectivity index (χ3v) is 5.08. The first-order valence-corrected chi connectivity index (χ1v) is 9.11. The van der Waals surface area contributed by atoms with Gasteiger partial charge in [0.2, 0.25) is 11.8 Å². The van der Waals surface area contributed by atoms with Crippen LogP contribution in [-0.2, 0) is 9.59 Å². The molecule has 0 unspecified atom stereocenters. The first-order valence-electron chi connectivity index (χ1n) is 9.11. The zero-order valence-electron chi connectivity index (χ0n) is 14.9.